The number of hydrogen-bond acceptors (Lipinski definition) is 5. The molecular weight excluding hydrogens is 382 g/mol. The van der Waals surface area contributed by atoms with Crippen LogP contribution in [-0.2, 0) is 13.0 Å². The van der Waals surface area contributed by atoms with Crippen molar-refractivity contribution in [2.45, 2.75) is 25.8 Å². The quantitative estimate of drug-likeness (QED) is 0.478. The Morgan fingerprint density at radius 2 is 1.83 bits per heavy atom. The summed E-state index contributed by atoms with van der Waals surface area (Å²) in [5, 5.41) is 16.0. The fourth-order valence-electron chi connectivity index (χ4n) is 4.16. The normalized spacial score (nSPS) is 15.5. The van der Waals surface area contributed by atoms with Crippen LogP contribution in [0.15, 0.2) is 48.5 Å². The summed E-state index contributed by atoms with van der Waals surface area (Å²) in [5.41, 5.74) is 8.03. The maximum absolute atomic E-state index is 11.7. The number of likely N-dealkylation sites (tertiary alicyclic amines) is 1. The van der Waals surface area contributed by atoms with Crippen LogP contribution < -0.4 is 5.73 Å². The molecule has 0 aliphatic carbocycles. The van der Waals surface area contributed by atoms with Gasteiger partial charge in [0, 0.05) is 30.6 Å². The molecule has 30 heavy (non-hydrogen) atoms. The predicted molar refractivity (Wildman–Crippen MR) is 114 cm³/mol. The van der Waals surface area contributed by atoms with Crippen LogP contribution in [0.4, 0.5) is 5.69 Å². The van der Waals surface area contributed by atoms with Gasteiger partial charge in [0.15, 0.2) is 5.69 Å². The average Bonchev–Trinajstić information content (AvgIpc) is 3.12. The van der Waals surface area contributed by atoms with Gasteiger partial charge < -0.3 is 10.6 Å². The molecule has 0 saturated carbocycles. The van der Waals surface area contributed by atoms with Gasteiger partial charge >= 0.3 is 0 Å². The Kier molecular flexibility index (Phi) is 5.76. The lowest BCUT2D eigenvalue weighted by Crippen LogP contribution is -2.36. The van der Waals surface area contributed by atoms with E-state index in [9.17, 15) is 14.9 Å². The molecule has 1 saturated heterocycles. The second-order valence-corrected chi connectivity index (χ2v) is 7.87. The Bertz CT molecular complexity index is 1050. The van der Waals surface area contributed by atoms with Crippen molar-refractivity contribution in [2.75, 3.05) is 19.6 Å². The van der Waals surface area contributed by atoms with Crippen molar-refractivity contribution in [1.82, 2.24) is 14.7 Å². The van der Waals surface area contributed by atoms with E-state index in [-0.39, 0.29) is 10.6 Å². The van der Waals surface area contributed by atoms with E-state index in [0.717, 1.165) is 61.9 Å². The van der Waals surface area contributed by atoms with Crippen LogP contribution in [0.3, 0.4) is 0 Å². The van der Waals surface area contributed by atoms with Gasteiger partial charge in [0.1, 0.15) is 0 Å². The highest BCUT2D eigenvalue weighted by Gasteiger charge is 2.22. The number of non-ortho nitro benzene ring substituents is 1. The van der Waals surface area contributed by atoms with Gasteiger partial charge in [-0.3, -0.25) is 19.6 Å². The number of para-hydroxylation sites is 1. The molecule has 0 spiro atoms. The number of nitro benzene ring substituents is 1. The molecule has 1 aromatic heterocycles. The summed E-state index contributed by atoms with van der Waals surface area (Å²) < 4.78 is 1.92. The molecule has 1 aliphatic heterocycles. The summed E-state index contributed by atoms with van der Waals surface area (Å²) in [4.78, 5) is 24.5. The van der Waals surface area contributed by atoms with Crippen molar-refractivity contribution in [3.63, 3.8) is 0 Å². The first kappa shape index (κ1) is 20.0. The van der Waals surface area contributed by atoms with Gasteiger partial charge in [0.25, 0.3) is 11.6 Å². The fraction of sp³-hybridized carbons (Fsp3) is 0.364. The van der Waals surface area contributed by atoms with Crippen molar-refractivity contribution in [3.8, 4) is 0 Å². The summed E-state index contributed by atoms with van der Waals surface area (Å²) in [6.07, 6.45) is 3.02. The number of nitrogens with two attached hydrogens (primary N) is 1. The van der Waals surface area contributed by atoms with E-state index in [1.54, 1.807) is 12.1 Å². The van der Waals surface area contributed by atoms with Crippen LogP contribution in [0.2, 0.25) is 0 Å². The smallest absolute Gasteiger partial charge is 0.269 e. The van der Waals surface area contributed by atoms with Crippen LogP contribution in [-0.4, -0.2) is 45.1 Å². The number of hydrogen-bond donors (Lipinski definition) is 1. The SMILES string of the molecule is NC(=O)c1nn(CC2CCN(CCc3ccc([N+](=O)[O-])cc3)CC2)c2ccccc12. The summed E-state index contributed by atoms with van der Waals surface area (Å²) in [6, 6.07) is 14.5. The van der Waals surface area contributed by atoms with E-state index in [0.29, 0.717) is 11.6 Å². The molecule has 0 radical (unpaired) electrons. The number of carbonyl (C=O) groups excluding carboxylic acids is 1. The molecule has 2 aromatic carbocycles. The zero-order valence-corrected chi connectivity index (χ0v) is 16.7. The van der Waals surface area contributed by atoms with Crippen LogP contribution >= 0.6 is 0 Å². The third-order valence-corrected chi connectivity index (χ3v) is 5.89. The molecule has 3 aromatic rings. The molecule has 0 bridgehead atoms. The molecule has 4 rings (SSSR count). The summed E-state index contributed by atoms with van der Waals surface area (Å²) in [7, 11) is 0. The van der Waals surface area contributed by atoms with Gasteiger partial charge in [-0.1, -0.05) is 30.3 Å². The Morgan fingerprint density at radius 1 is 1.13 bits per heavy atom. The van der Waals surface area contributed by atoms with Crippen molar-refractivity contribution < 1.29 is 9.72 Å². The first-order chi connectivity index (χ1) is 14.5. The van der Waals surface area contributed by atoms with E-state index in [1.165, 1.54) is 0 Å². The molecular formula is C22H25N5O3. The fourth-order valence-corrected chi connectivity index (χ4v) is 4.16. The molecule has 1 fully saturated rings. The number of carbonyl (C=O) groups is 1. The number of primary amides is 1. The number of benzene rings is 2. The Labute approximate surface area is 174 Å². The Hall–Kier alpha value is -3.26. The highest BCUT2D eigenvalue weighted by molar-refractivity contribution is 6.04. The second kappa shape index (κ2) is 8.62. The summed E-state index contributed by atoms with van der Waals surface area (Å²) in [5.74, 6) is 0.00988. The maximum atomic E-state index is 11.7. The molecule has 0 unspecified atom stereocenters. The zero-order chi connectivity index (χ0) is 21.1. The van der Waals surface area contributed by atoms with Gasteiger partial charge in [0.2, 0.25) is 0 Å². The number of amides is 1. The molecule has 156 valence electrons. The number of aromatic nitrogens is 2. The van der Waals surface area contributed by atoms with E-state index in [1.807, 2.05) is 41.1 Å². The predicted octanol–water partition coefficient (Wildman–Crippen LogP) is 3.00. The van der Waals surface area contributed by atoms with Crippen molar-refractivity contribution >= 4 is 22.5 Å². The third-order valence-electron chi connectivity index (χ3n) is 5.89. The largest absolute Gasteiger partial charge is 0.364 e. The third kappa shape index (κ3) is 4.33. The van der Waals surface area contributed by atoms with Gasteiger partial charge in [0.05, 0.1) is 10.4 Å². The zero-order valence-electron chi connectivity index (χ0n) is 16.7. The molecule has 8 heteroatoms. The molecule has 1 aliphatic rings. The lowest BCUT2D eigenvalue weighted by atomic mass is 9.96. The first-order valence-corrected chi connectivity index (χ1v) is 10.2. The molecule has 8 nitrogen and oxygen atoms in total. The number of nitrogens with zero attached hydrogens (tertiary/aromatic N) is 4. The van der Waals surface area contributed by atoms with E-state index in [2.05, 4.69) is 10.00 Å². The number of fused-ring (bicyclic) bond motifs is 1. The number of nitro groups is 1. The van der Waals surface area contributed by atoms with Crippen LogP contribution in [0, 0.1) is 16.0 Å². The van der Waals surface area contributed by atoms with E-state index in [4.69, 9.17) is 5.73 Å². The van der Waals surface area contributed by atoms with Crippen LogP contribution in [0.1, 0.15) is 28.9 Å². The van der Waals surface area contributed by atoms with Gasteiger partial charge in [-0.25, -0.2) is 0 Å². The number of rotatable bonds is 7. The Balaban J connectivity index is 1.31. The van der Waals surface area contributed by atoms with E-state index < -0.39 is 5.91 Å². The minimum Gasteiger partial charge on any atom is -0.364 e. The van der Waals surface area contributed by atoms with Gasteiger partial charge in [-0.2, -0.15) is 5.10 Å². The lowest BCUT2D eigenvalue weighted by Gasteiger charge is -2.32. The Morgan fingerprint density at radius 3 is 2.50 bits per heavy atom. The summed E-state index contributed by atoms with van der Waals surface area (Å²) >= 11 is 0. The van der Waals surface area contributed by atoms with Crippen LogP contribution in [0.25, 0.3) is 10.9 Å². The van der Waals surface area contributed by atoms with Crippen LogP contribution in [0.5, 0.6) is 0 Å². The van der Waals surface area contributed by atoms with E-state index >= 15 is 0 Å². The first-order valence-electron chi connectivity index (χ1n) is 10.2. The standard InChI is InChI=1S/C22H25N5O3/c23-22(28)21-19-3-1-2-4-20(19)26(24-21)15-17-10-13-25(14-11-17)12-9-16-5-7-18(8-6-16)27(29)30/h1-8,17H,9-15H2,(H2,23,28). The second-order valence-electron chi connectivity index (χ2n) is 7.87. The monoisotopic (exact) mass is 407 g/mol. The topological polar surface area (TPSA) is 107 Å². The minimum atomic E-state index is -0.494. The maximum Gasteiger partial charge on any atom is 0.269 e. The van der Waals surface area contributed by atoms with Crippen molar-refractivity contribution in [3.05, 3.63) is 69.9 Å². The molecule has 2 N–H and O–H groups in total. The van der Waals surface area contributed by atoms with Crippen molar-refractivity contribution in [1.29, 1.82) is 0 Å². The molecule has 0 atom stereocenters. The molecule has 1 amide bonds. The summed E-state index contributed by atoms with van der Waals surface area (Å²) in [6.45, 7) is 3.75. The van der Waals surface area contributed by atoms with Gasteiger partial charge in [-0.15, -0.1) is 0 Å². The minimum absolute atomic E-state index is 0.130. The van der Waals surface area contributed by atoms with Gasteiger partial charge in [-0.05, 0) is 49.9 Å². The lowest BCUT2D eigenvalue weighted by molar-refractivity contribution is -0.384. The van der Waals surface area contributed by atoms with Crippen molar-refractivity contribution in [2.24, 2.45) is 11.7 Å². The highest BCUT2D eigenvalue weighted by Crippen LogP contribution is 2.24. The number of piperidine rings is 1. The highest BCUT2D eigenvalue weighted by atomic mass is 16.6. The molecule has 2 heterocycles. The average molecular weight is 407 g/mol.